The van der Waals surface area contributed by atoms with Crippen LogP contribution in [-0.2, 0) is 9.59 Å². The van der Waals surface area contributed by atoms with Crippen LogP contribution in [0.1, 0.15) is 25.7 Å². The van der Waals surface area contributed by atoms with Crippen molar-refractivity contribution in [3.63, 3.8) is 0 Å². The van der Waals surface area contributed by atoms with Gasteiger partial charge < -0.3 is 4.90 Å². The van der Waals surface area contributed by atoms with Crippen molar-refractivity contribution >= 4 is 46.0 Å². The molecule has 0 aromatic heterocycles. The summed E-state index contributed by atoms with van der Waals surface area (Å²) in [5, 5.41) is 1.05. The number of amides is 2. The predicted molar refractivity (Wildman–Crippen MR) is 98.7 cm³/mol. The molecule has 1 aromatic carbocycles. The Bertz CT molecular complexity index is 657. The average molecular weight is 366 g/mol. The maximum absolute atomic E-state index is 12.4. The molecule has 1 fully saturated rings. The summed E-state index contributed by atoms with van der Waals surface area (Å²) >= 11 is 7.52. The molecule has 7 heteroatoms. The van der Waals surface area contributed by atoms with Crippen molar-refractivity contribution in [2.24, 2.45) is 4.99 Å². The number of halogens is 1. The van der Waals surface area contributed by atoms with E-state index in [-0.39, 0.29) is 18.4 Å². The Kier molecular flexibility index (Phi) is 5.79. The maximum Gasteiger partial charge on any atom is 0.254 e. The quantitative estimate of drug-likeness (QED) is 0.826. The summed E-state index contributed by atoms with van der Waals surface area (Å²) in [6.45, 7) is 1.77. The smallest absolute Gasteiger partial charge is 0.254 e. The molecule has 3 rings (SSSR count). The third-order valence-electron chi connectivity index (χ3n) is 4.17. The van der Waals surface area contributed by atoms with E-state index < -0.39 is 0 Å². The molecule has 5 nitrogen and oxygen atoms in total. The molecule has 1 aromatic rings. The van der Waals surface area contributed by atoms with Crippen LogP contribution < -0.4 is 4.90 Å². The molecule has 128 valence electrons. The molecular formula is C17H20ClN3O2S. The number of nitrogens with zero attached hydrogens (tertiary/aromatic N) is 3. The highest BCUT2D eigenvalue weighted by Gasteiger charge is 2.29. The summed E-state index contributed by atoms with van der Waals surface area (Å²) in [7, 11) is 0. The molecule has 0 saturated carbocycles. The molecule has 0 atom stereocenters. The van der Waals surface area contributed by atoms with Gasteiger partial charge in [-0.25, -0.2) is 0 Å². The minimum atomic E-state index is -0.118. The Labute approximate surface area is 151 Å². The van der Waals surface area contributed by atoms with Crippen LogP contribution >= 0.6 is 23.4 Å². The first-order valence-corrected chi connectivity index (χ1v) is 9.55. The lowest BCUT2D eigenvalue weighted by Crippen LogP contribution is -2.35. The second kappa shape index (κ2) is 8.03. The van der Waals surface area contributed by atoms with Crippen LogP contribution in [0.25, 0.3) is 0 Å². The van der Waals surface area contributed by atoms with Crippen molar-refractivity contribution in [1.82, 2.24) is 4.90 Å². The van der Waals surface area contributed by atoms with Gasteiger partial charge in [0.25, 0.3) is 5.91 Å². The summed E-state index contributed by atoms with van der Waals surface area (Å²) in [6.07, 6.45) is 4.53. The van der Waals surface area contributed by atoms with Gasteiger partial charge in [0.2, 0.25) is 5.91 Å². The fourth-order valence-electron chi connectivity index (χ4n) is 2.90. The maximum atomic E-state index is 12.4. The molecule has 0 spiro atoms. The molecule has 2 aliphatic rings. The van der Waals surface area contributed by atoms with Gasteiger partial charge in [0.05, 0.1) is 16.5 Å². The van der Waals surface area contributed by atoms with Crippen LogP contribution in [0.15, 0.2) is 29.3 Å². The molecule has 2 aliphatic heterocycles. The summed E-state index contributed by atoms with van der Waals surface area (Å²) in [5.74, 6) is 0.295. The van der Waals surface area contributed by atoms with Gasteiger partial charge in [-0.3, -0.25) is 19.5 Å². The highest BCUT2D eigenvalue weighted by Crippen LogP contribution is 2.30. The molecule has 0 unspecified atom stereocenters. The predicted octanol–water partition coefficient (Wildman–Crippen LogP) is 3.18. The highest BCUT2D eigenvalue weighted by atomic mass is 35.5. The number of amidine groups is 1. The highest BCUT2D eigenvalue weighted by molar-refractivity contribution is 8.14. The molecule has 2 heterocycles. The van der Waals surface area contributed by atoms with Crippen molar-refractivity contribution in [1.29, 1.82) is 0 Å². The molecule has 1 saturated heterocycles. The van der Waals surface area contributed by atoms with Gasteiger partial charge >= 0.3 is 0 Å². The minimum absolute atomic E-state index is 0.103. The number of anilines is 1. The number of thioether (sulfide) groups is 1. The standard InChI is InChI=1S/C17H20ClN3O2S/c18-13-7-3-4-8-14(13)21-15(22)11-19-17(21)24-12-16(23)20-9-5-1-2-6-10-20/h3-4,7-8H,1-2,5-6,9-12H2. The van der Waals surface area contributed by atoms with Crippen molar-refractivity contribution in [3.05, 3.63) is 29.3 Å². The molecular weight excluding hydrogens is 346 g/mol. The molecule has 2 amide bonds. The van der Waals surface area contributed by atoms with Crippen LogP contribution in [0.2, 0.25) is 5.02 Å². The molecule has 0 bridgehead atoms. The van der Waals surface area contributed by atoms with Crippen molar-refractivity contribution in [2.45, 2.75) is 25.7 Å². The van der Waals surface area contributed by atoms with E-state index >= 15 is 0 Å². The second-order valence-corrected chi connectivity index (χ2v) is 7.21. The van der Waals surface area contributed by atoms with E-state index in [1.54, 1.807) is 12.1 Å². The van der Waals surface area contributed by atoms with Gasteiger partial charge in [-0.2, -0.15) is 0 Å². The number of aliphatic imine (C=N–C) groups is 1. The number of likely N-dealkylation sites (tertiary alicyclic amines) is 1. The summed E-state index contributed by atoms with van der Waals surface area (Å²) < 4.78 is 0. The number of rotatable bonds is 3. The van der Waals surface area contributed by atoms with E-state index in [2.05, 4.69) is 4.99 Å². The number of hydrogen-bond acceptors (Lipinski definition) is 4. The molecule has 0 radical (unpaired) electrons. The number of para-hydroxylation sites is 1. The Balaban J connectivity index is 1.64. The van der Waals surface area contributed by atoms with Gasteiger partial charge in [-0.15, -0.1) is 0 Å². The lowest BCUT2D eigenvalue weighted by Gasteiger charge is -2.22. The van der Waals surface area contributed by atoms with E-state index in [0.717, 1.165) is 25.9 Å². The van der Waals surface area contributed by atoms with Gasteiger partial charge in [-0.05, 0) is 25.0 Å². The van der Waals surface area contributed by atoms with Crippen LogP contribution in [0, 0.1) is 0 Å². The van der Waals surface area contributed by atoms with Gasteiger partial charge in [-0.1, -0.05) is 48.3 Å². The fraction of sp³-hybridized carbons (Fsp3) is 0.471. The summed E-state index contributed by atoms with van der Waals surface area (Å²) in [6, 6.07) is 7.18. The lowest BCUT2D eigenvalue weighted by molar-refractivity contribution is -0.128. The zero-order chi connectivity index (χ0) is 16.9. The van der Waals surface area contributed by atoms with Crippen LogP contribution in [-0.4, -0.2) is 47.3 Å². The first-order chi connectivity index (χ1) is 11.7. The zero-order valence-electron chi connectivity index (χ0n) is 13.4. The summed E-state index contributed by atoms with van der Waals surface area (Å²) in [5.41, 5.74) is 0.620. The van der Waals surface area contributed by atoms with Crippen molar-refractivity contribution in [3.8, 4) is 0 Å². The van der Waals surface area contributed by atoms with E-state index in [1.165, 1.54) is 29.5 Å². The second-order valence-electron chi connectivity index (χ2n) is 5.86. The molecule has 0 N–H and O–H groups in total. The Morgan fingerprint density at radius 2 is 1.88 bits per heavy atom. The van der Waals surface area contributed by atoms with Crippen molar-refractivity contribution < 1.29 is 9.59 Å². The van der Waals surface area contributed by atoms with Gasteiger partial charge in [0.1, 0.15) is 6.54 Å². The molecule has 0 aliphatic carbocycles. The first-order valence-electron chi connectivity index (χ1n) is 8.19. The first kappa shape index (κ1) is 17.3. The number of carbonyl (C=O) groups is 2. The summed E-state index contributed by atoms with van der Waals surface area (Å²) in [4.78, 5) is 32.3. The van der Waals surface area contributed by atoms with Gasteiger partial charge in [0.15, 0.2) is 5.17 Å². The van der Waals surface area contributed by atoms with E-state index in [1.807, 2.05) is 17.0 Å². The third-order valence-corrected chi connectivity index (χ3v) is 5.45. The monoisotopic (exact) mass is 365 g/mol. The Hall–Kier alpha value is -1.53. The average Bonchev–Trinajstić information content (AvgIpc) is 2.78. The minimum Gasteiger partial charge on any atom is -0.342 e. The van der Waals surface area contributed by atoms with E-state index in [4.69, 9.17) is 11.6 Å². The van der Waals surface area contributed by atoms with Crippen LogP contribution in [0.5, 0.6) is 0 Å². The van der Waals surface area contributed by atoms with Crippen molar-refractivity contribution in [2.75, 3.05) is 30.3 Å². The number of benzene rings is 1. The fourth-order valence-corrected chi connectivity index (χ4v) is 4.04. The lowest BCUT2D eigenvalue weighted by atomic mass is 10.2. The largest absolute Gasteiger partial charge is 0.342 e. The normalized spacial score (nSPS) is 18.5. The Morgan fingerprint density at radius 3 is 2.58 bits per heavy atom. The van der Waals surface area contributed by atoms with Gasteiger partial charge in [0, 0.05) is 13.1 Å². The number of carbonyl (C=O) groups excluding carboxylic acids is 2. The van der Waals surface area contributed by atoms with Crippen LogP contribution in [0.3, 0.4) is 0 Å². The topological polar surface area (TPSA) is 53.0 Å². The van der Waals surface area contributed by atoms with E-state index in [0.29, 0.717) is 21.6 Å². The number of hydrogen-bond donors (Lipinski definition) is 0. The zero-order valence-corrected chi connectivity index (χ0v) is 15.0. The SMILES string of the molecule is O=C(CSC1=NCC(=O)N1c1ccccc1Cl)N1CCCCCC1. The van der Waals surface area contributed by atoms with E-state index in [9.17, 15) is 9.59 Å². The van der Waals surface area contributed by atoms with Crippen LogP contribution in [0.4, 0.5) is 5.69 Å². The Morgan fingerprint density at radius 1 is 1.17 bits per heavy atom. The molecule has 24 heavy (non-hydrogen) atoms. The third kappa shape index (κ3) is 3.92.